The Kier molecular flexibility index (Phi) is 2.39. The lowest BCUT2D eigenvalue weighted by Crippen LogP contribution is -2.20. The van der Waals surface area contributed by atoms with Crippen LogP contribution in [0, 0.1) is 0 Å². The number of hydrogen-bond donors (Lipinski definition) is 4. The van der Waals surface area contributed by atoms with Gasteiger partial charge < -0.3 is 21.1 Å². The van der Waals surface area contributed by atoms with Crippen LogP contribution in [0.25, 0.3) is 0 Å². The van der Waals surface area contributed by atoms with E-state index in [4.69, 9.17) is 10.8 Å². The molecule has 0 aromatic heterocycles. The second-order valence-electron chi connectivity index (χ2n) is 2.53. The van der Waals surface area contributed by atoms with Crippen molar-refractivity contribution in [2.75, 3.05) is 0 Å². The van der Waals surface area contributed by atoms with E-state index in [1.54, 1.807) is 0 Å². The van der Waals surface area contributed by atoms with Gasteiger partial charge >= 0.3 is 5.97 Å². The summed E-state index contributed by atoms with van der Waals surface area (Å²) in [5, 5.41) is 27.0. The van der Waals surface area contributed by atoms with Crippen molar-refractivity contribution in [3.05, 3.63) is 23.8 Å². The lowest BCUT2D eigenvalue weighted by atomic mass is 10.1. The number of nitrogens with two attached hydrogens (primary N) is 1. The minimum atomic E-state index is -1.42. The lowest BCUT2D eigenvalue weighted by molar-refractivity contribution is -0.138. The van der Waals surface area contributed by atoms with Crippen LogP contribution in [-0.4, -0.2) is 21.3 Å². The number of rotatable bonds is 2. The van der Waals surface area contributed by atoms with Crippen molar-refractivity contribution in [2.24, 2.45) is 5.73 Å². The molecule has 0 unspecified atom stereocenters. The SMILES string of the molecule is N[C@H](C(=O)O)c1c(O)cccc1O. The number of phenols is 2. The minimum absolute atomic E-state index is 0.171. The van der Waals surface area contributed by atoms with E-state index in [9.17, 15) is 15.0 Å². The third kappa shape index (κ3) is 1.70. The molecule has 0 amide bonds. The van der Waals surface area contributed by atoms with E-state index < -0.39 is 12.0 Å². The molecule has 0 aliphatic heterocycles. The fourth-order valence-corrected chi connectivity index (χ4v) is 0.983. The van der Waals surface area contributed by atoms with Crippen LogP contribution in [0.5, 0.6) is 11.5 Å². The van der Waals surface area contributed by atoms with Crippen molar-refractivity contribution in [2.45, 2.75) is 6.04 Å². The van der Waals surface area contributed by atoms with Gasteiger partial charge in [0.1, 0.15) is 17.5 Å². The zero-order valence-corrected chi connectivity index (χ0v) is 6.64. The van der Waals surface area contributed by atoms with E-state index in [1.807, 2.05) is 0 Å². The first-order valence-electron chi connectivity index (χ1n) is 3.53. The molecule has 1 aromatic rings. The van der Waals surface area contributed by atoms with Crippen LogP contribution >= 0.6 is 0 Å². The summed E-state index contributed by atoms with van der Waals surface area (Å²) in [4.78, 5) is 10.5. The Balaban J connectivity index is 3.20. The van der Waals surface area contributed by atoms with Crippen LogP contribution < -0.4 is 5.73 Å². The zero-order valence-electron chi connectivity index (χ0n) is 6.64. The molecule has 0 bridgehead atoms. The summed E-state index contributed by atoms with van der Waals surface area (Å²) >= 11 is 0. The van der Waals surface area contributed by atoms with E-state index in [1.165, 1.54) is 18.2 Å². The quantitative estimate of drug-likeness (QED) is 0.523. The van der Waals surface area contributed by atoms with Gasteiger partial charge in [0, 0.05) is 0 Å². The molecule has 0 fully saturated rings. The predicted octanol–water partition coefficient (Wildman–Crippen LogP) is 0.182. The number of carboxylic acids is 1. The molecule has 1 atom stereocenters. The summed E-state index contributed by atoms with van der Waals surface area (Å²) in [5.41, 5.74) is 5.05. The first-order chi connectivity index (χ1) is 6.04. The molecule has 13 heavy (non-hydrogen) atoms. The highest BCUT2D eigenvalue weighted by atomic mass is 16.4. The van der Waals surface area contributed by atoms with Crippen molar-refractivity contribution in [1.29, 1.82) is 0 Å². The van der Waals surface area contributed by atoms with Crippen molar-refractivity contribution >= 4 is 5.97 Å². The number of benzene rings is 1. The molecule has 0 aliphatic rings. The summed E-state index contributed by atoms with van der Waals surface area (Å²) < 4.78 is 0. The van der Waals surface area contributed by atoms with Crippen molar-refractivity contribution < 1.29 is 20.1 Å². The first-order valence-corrected chi connectivity index (χ1v) is 3.53. The highest BCUT2D eigenvalue weighted by molar-refractivity contribution is 5.77. The summed E-state index contributed by atoms with van der Waals surface area (Å²) in [6.07, 6.45) is 0. The molecule has 1 rings (SSSR count). The van der Waals surface area contributed by atoms with Gasteiger partial charge in [-0.05, 0) is 12.1 Å². The Hall–Kier alpha value is -1.75. The molecule has 5 nitrogen and oxygen atoms in total. The standard InChI is InChI=1S/C8H9NO4/c9-7(8(12)13)6-4(10)2-1-3-5(6)11/h1-3,7,10-11H,9H2,(H,12,13)/t7-/m0/s1. The Labute approximate surface area is 74.0 Å². The smallest absolute Gasteiger partial charge is 0.325 e. The molecule has 70 valence electrons. The summed E-state index contributed by atoms with van der Waals surface area (Å²) in [5.74, 6) is -1.96. The van der Waals surface area contributed by atoms with E-state index in [0.717, 1.165) is 0 Å². The van der Waals surface area contributed by atoms with Gasteiger partial charge in [-0.25, -0.2) is 0 Å². The number of aromatic hydroxyl groups is 2. The maximum absolute atomic E-state index is 10.5. The maximum atomic E-state index is 10.5. The third-order valence-corrected chi connectivity index (χ3v) is 1.64. The predicted molar refractivity (Wildman–Crippen MR) is 44.3 cm³/mol. The van der Waals surface area contributed by atoms with Gasteiger partial charge in [0.2, 0.25) is 0 Å². The number of aliphatic carboxylic acids is 1. The molecule has 1 aromatic carbocycles. The molecule has 0 aliphatic carbocycles. The topological polar surface area (TPSA) is 104 Å². The van der Waals surface area contributed by atoms with E-state index >= 15 is 0 Å². The zero-order chi connectivity index (χ0) is 10.0. The molecule has 5 N–H and O–H groups in total. The Morgan fingerprint density at radius 1 is 1.31 bits per heavy atom. The number of hydrogen-bond acceptors (Lipinski definition) is 4. The summed E-state index contributed by atoms with van der Waals surface area (Å²) in [6.45, 7) is 0. The third-order valence-electron chi connectivity index (χ3n) is 1.64. The second kappa shape index (κ2) is 3.32. The van der Waals surface area contributed by atoms with Crippen LogP contribution in [0.4, 0.5) is 0 Å². The van der Waals surface area contributed by atoms with Crippen molar-refractivity contribution in [3.8, 4) is 11.5 Å². The van der Waals surface area contributed by atoms with Crippen LogP contribution in [-0.2, 0) is 4.79 Å². The van der Waals surface area contributed by atoms with Crippen molar-refractivity contribution in [3.63, 3.8) is 0 Å². The van der Waals surface area contributed by atoms with Crippen LogP contribution in [0.3, 0.4) is 0 Å². The van der Waals surface area contributed by atoms with E-state index in [0.29, 0.717) is 0 Å². The maximum Gasteiger partial charge on any atom is 0.325 e. The normalized spacial score (nSPS) is 12.4. The fraction of sp³-hybridized carbons (Fsp3) is 0.125. The summed E-state index contributed by atoms with van der Waals surface area (Å²) in [7, 11) is 0. The van der Waals surface area contributed by atoms with Crippen LogP contribution in [0.2, 0.25) is 0 Å². The van der Waals surface area contributed by atoms with Gasteiger partial charge in [-0.1, -0.05) is 6.07 Å². The highest BCUT2D eigenvalue weighted by Gasteiger charge is 2.21. The van der Waals surface area contributed by atoms with Gasteiger partial charge in [-0.3, -0.25) is 4.79 Å². The fourth-order valence-electron chi connectivity index (χ4n) is 0.983. The van der Waals surface area contributed by atoms with Gasteiger partial charge in [0.05, 0.1) is 5.56 Å². The van der Waals surface area contributed by atoms with Crippen molar-refractivity contribution in [1.82, 2.24) is 0 Å². The first kappa shape index (κ1) is 9.34. The molecular weight excluding hydrogens is 174 g/mol. The molecule has 0 saturated carbocycles. The van der Waals surface area contributed by atoms with Gasteiger partial charge in [0.15, 0.2) is 0 Å². The van der Waals surface area contributed by atoms with Gasteiger partial charge in [-0.15, -0.1) is 0 Å². The van der Waals surface area contributed by atoms with Gasteiger partial charge in [0.25, 0.3) is 0 Å². The number of phenolic OH excluding ortho intramolecular Hbond substituents is 2. The largest absolute Gasteiger partial charge is 0.507 e. The van der Waals surface area contributed by atoms with Gasteiger partial charge in [-0.2, -0.15) is 0 Å². The second-order valence-corrected chi connectivity index (χ2v) is 2.53. The average Bonchev–Trinajstić information content (AvgIpc) is 2.03. The Bertz CT molecular complexity index is 317. The lowest BCUT2D eigenvalue weighted by Gasteiger charge is -2.10. The monoisotopic (exact) mass is 183 g/mol. The Morgan fingerprint density at radius 2 is 1.77 bits per heavy atom. The molecule has 0 spiro atoms. The molecule has 0 saturated heterocycles. The number of carbonyl (C=O) groups is 1. The van der Waals surface area contributed by atoms with Crippen LogP contribution in [0.1, 0.15) is 11.6 Å². The number of carboxylic acid groups (broad SMARTS) is 1. The molecule has 0 radical (unpaired) electrons. The van der Waals surface area contributed by atoms with E-state index in [-0.39, 0.29) is 17.1 Å². The average molecular weight is 183 g/mol. The molecule has 5 heteroatoms. The Morgan fingerprint density at radius 3 is 2.15 bits per heavy atom. The molecular formula is C8H9NO4. The van der Waals surface area contributed by atoms with E-state index in [2.05, 4.69) is 0 Å². The highest BCUT2D eigenvalue weighted by Crippen LogP contribution is 2.30. The minimum Gasteiger partial charge on any atom is -0.507 e. The van der Waals surface area contributed by atoms with Crippen LogP contribution in [0.15, 0.2) is 18.2 Å². The summed E-state index contributed by atoms with van der Waals surface area (Å²) in [6, 6.07) is 2.50. The molecule has 0 heterocycles.